The van der Waals surface area contributed by atoms with E-state index in [1.165, 1.54) is 29.1 Å². The zero-order valence-electron chi connectivity index (χ0n) is 36.3. The van der Waals surface area contributed by atoms with Crippen molar-refractivity contribution >= 4 is 50.2 Å². The van der Waals surface area contributed by atoms with Gasteiger partial charge in [-0.1, -0.05) is 0 Å². The number of amides is 3. The molecular weight excluding hydrogens is 889 g/mol. The van der Waals surface area contributed by atoms with Crippen molar-refractivity contribution in [1.82, 2.24) is 38.8 Å². The van der Waals surface area contributed by atoms with Crippen LogP contribution in [0.5, 0.6) is 11.5 Å². The van der Waals surface area contributed by atoms with Gasteiger partial charge in [0, 0.05) is 82.3 Å². The van der Waals surface area contributed by atoms with Gasteiger partial charge in [-0.25, -0.2) is 18.3 Å². The Balaban J connectivity index is 0.741. The third kappa shape index (κ3) is 8.71. The molecule has 3 amide bonds. The van der Waals surface area contributed by atoms with E-state index in [4.69, 9.17) is 9.84 Å². The summed E-state index contributed by atoms with van der Waals surface area (Å²) in [5, 5.41) is 17.2. The molecule has 0 spiro atoms. The number of aromatic nitrogens is 4. The van der Waals surface area contributed by atoms with E-state index in [9.17, 15) is 37.2 Å². The zero-order valence-corrected chi connectivity index (χ0v) is 37.1. The van der Waals surface area contributed by atoms with Crippen molar-refractivity contribution in [2.75, 3.05) is 55.4 Å². The number of nitrogens with zero attached hydrogens (tertiary/aromatic N) is 9. The first-order valence-electron chi connectivity index (χ1n) is 22.5. The summed E-state index contributed by atoms with van der Waals surface area (Å²) in [6, 6.07) is 15.4. The topological polar surface area (TPSA) is 208 Å². The smallest absolute Gasteiger partial charge is 0.301 e. The van der Waals surface area contributed by atoms with Gasteiger partial charge in [-0.15, -0.1) is 0 Å². The number of nitrogens with one attached hydrogen (secondary N) is 2. The van der Waals surface area contributed by atoms with Crippen molar-refractivity contribution in [3.05, 3.63) is 100.0 Å². The molecule has 4 fully saturated rings. The highest BCUT2D eigenvalue weighted by molar-refractivity contribution is 7.90. The minimum absolute atomic E-state index is 0.00150. The molecule has 0 radical (unpaired) electrons. The second-order valence-electron chi connectivity index (χ2n) is 17.8. The Kier molecular flexibility index (Phi) is 11.7. The lowest BCUT2D eigenvalue weighted by molar-refractivity contribution is -0.136. The summed E-state index contributed by atoms with van der Waals surface area (Å²) in [5.41, 5.74) is 1.80. The number of anilines is 2. The highest BCUT2D eigenvalue weighted by atomic mass is 32.2. The zero-order chi connectivity index (χ0) is 46.6. The van der Waals surface area contributed by atoms with Gasteiger partial charge >= 0.3 is 10.2 Å². The molecule has 18 nitrogen and oxygen atoms in total. The number of ether oxygens (including phenoxy) is 1. The van der Waals surface area contributed by atoms with E-state index in [-0.39, 0.29) is 60.6 Å². The van der Waals surface area contributed by atoms with Crippen LogP contribution in [0, 0.1) is 23.1 Å². The van der Waals surface area contributed by atoms with Crippen molar-refractivity contribution in [2.24, 2.45) is 5.92 Å². The molecule has 7 heterocycles. The summed E-state index contributed by atoms with van der Waals surface area (Å²) in [4.78, 5) is 62.1. The molecule has 348 valence electrons. The summed E-state index contributed by atoms with van der Waals surface area (Å²) in [6.45, 7) is 4.60. The Hall–Kier alpha value is -6.76. The number of carbonyl (C=O) groups excluding carboxylic acids is 3. The minimum atomic E-state index is -4.25. The number of alkyl halides is 1. The summed E-state index contributed by atoms with van der Waals surface area (Å²) in [6.07, 6.45) is 6.39. The van der Waals surface area contributed by atoms with Crippen molar-refractivity contribution in [1.29, 1.82) is 5.26 Å². The van der Waals surface area contributed by atoms with Crippen molar-refractivity contribution in [3.8, 4) is 23.4 Å². The van der Waals surface area contributed by atoms with E-state index in [1.807, 2.05) is 23.0 Å². The third-order valence-corrected chi connectivity index (χ3v) is 15.1. The lowest BCUT2D eigenvalue weighted by Gasteiger charge is -2.38. The van der Waals surface area contributed by atoms with Crippen LogP contribution in [0.2, 0.25) is 0 Å². The molecule has 2 N–H and O–H groups in total. The number of hydrogen-bond donors (Lipinski definition) is 2. The van der Waals surface area contributed by atoms with Crippen LogP contribution in [0.15, 0.2) is 71.9 Å². The summed E-state index contributed by atoms with van der Waals surface area (Å²) in [5.74, 6) is -1.46. The Morgan fingerprint density at radius 3 is 2.48 bits per heavy atom. The van der Waals surface area contributed by atoms with Gasteiger partial charge in [0.05, 0.1) is 22.6 Å². The number of piperidine rings is 3. The SMILES string of the molecule is N#Cc1c(NS(=O)(=O)N2CC[C@@H](F)C2)ccc(F)c1Oc1ccc2ncn(-c3ccn(C4CCN(CC5CCN(c6ccc7c(c6)CN([C@H]6CCC(=O)NC6=O)C7=O)CC5)CC4)n3)c(=O)c2c1. The van der Waals surface area contributed by atoms with Gasteiger partial charge in [0.1, 0.15) is 35.9 Å². The Morgan fingerprint density at radius 2 is 1.73 bits per heavy atom. The quantitative estimate of drug-likeness (QED) is 0.177. The van der Waals surface area contributed by atoms with E-state index in [2.05, 4.69) is 30.9 Å². The van der Waals surface area contributed by atoms with E-state index < -0.39 is 51.0 Å². The molecule has 10 rings (SSSR count). The van der Waals surface area contributed by atoms with Crippen LogP contribution < -0.4 is 25.2 Å². The maximum absolute atomic E-state index is 15.2. The second-order valence-corrected chi connectivity index (χ2v) is 19.5. The molecule has 0 aliphatic carbocycles. The largest absolute Gasteiger partial charge is 0.453 e. The molecule has 5 aromatic rings. The average Bonchev–Trinajstić information content (AvgIpc) is 4.08. The number of nitriles is 1. The Morgan fingerprint density at radius 1 is 0.925 bits per heavy atom. The fourth-order valence-corrected chi connectivity index (χ4v) is 11.2. The van der Waals surface area contributed by atoms with Crippen molar-refractivity contribution in [2.45, 2.75) is 69.7 Å². The van der Waals surface area contributed by atoms with Gasteiger partial charge in [-0.05, 0) is 98.5 Å². The van der Waals surface area contributed by atoms with Gasteiger partial charge in [0.25, 0.3) is 11.5 Å². The van der Waals surface area contributed by atoms with Crippen LogP contribution >= 0.6 is 0 Å². The summed E-state index contributed by atoms with van der Waals surface area (Å²) >= 11 is 0. The number of halogens is 2. The van der Waals surface area contributed by atoms with Gasteiger partial charge in [-0.3, -0.25) is 33.9 Å². The van der Waals surface area contributed by atoms with Crippen molar-refractivity contribution < 1.29 is 36.3 Å². The number of carbonyl (C=O) groups is 3. The number of fused-ring (bicyclic) bond motifs is 2. The van der Waals surface area contributed by atoms with Crippen LogP contribution in [0.25, 0.3) is 16.7 Å². The predicted octanol–water partition coefficient (Wildman–Crippen LogP) is 4.40. The number of benzene rings is 3. The van der Waals surface area contributed by atoms with Crippen LogP contribution in [-0.2, 0) is 26.3 Å². The van der Waals surface area contributed by atoms with Crippen LogP contribution in [0.1, 0.15) is 72.5 Å². The molecular formula is C46H47F2N11O7S. The normalized spacial score (nSPS) is 21.2. The number of hydrogen-bond acceptors (Lipinski definition) is 12. The molecule has 5 aliphatic heterocycles. The Labute approximate surface area is 383 Å². The highest BCUT2D eigenvalue weighted by Gasteiger charge is 2.40. The molecule has 2 atom stereocenters. The highest BCUT2D eigenvalue weighted by Crippen LogP contribution is 2.36. The van der Waals surface area contributed by atoms with E-state index in [0.29, 0.717) is 35.8 Å². The fraction of sp³-hybridized carbons (Fsp3) is 0.413. The molecule has 5 aliphatic rings. The molecule has 4 saturated heterocycles. The fourth-order valence-electron chi connectivity index (χ4n) is 9.93. The molecule has 21 heteroatoms. The first kappa shape index (κ1) is 44.1. The van der Waals surface area contributed by atoms with Crippen molar-refractivity contribution in [3.63, 3.8) is 0 Å². The molecule has 2 aromatic heterocycles. The van der Waals surface area contributed by atoms with E-state index in [0.717, 1.165) is 86.1 Å². The summed E-state index contributed by atoms with van der Waals surface area (Å²) < 4.78 is 67.0. The van der Waals surface area contributed by atoms with Gasteiger partial charge in [0.15, 0.2) is 17.4 Å². The summed E-state index contributed by atoms with van der Waals surface area (Å²) in [7, 11) is -4.25. The molecule has 0 saturated carbocycles. The van der Waals surface area contributed by atoms with Crippen LogP contribution in [-0.4, -0.2) is 118 Å². The predicted molar refractivity (Wildman–Crippen MR) is 240 cm³/mol. The maximum atomic E-state index is 15.2. The number of likely N-dealkylation sites (tertiary alicyclic amines) is 1. The molecule has 3 aromatic carbocycles. The maximum Gasteiger partial charge on any atom is 0.301 e. The molecule has 0 bridgehead atoms. The second kappa shape index (κ2) is 17.8. The Bertz CT molecular complexity index is 3010. The molecule has 0 unspecified atom stereocenters. The van der Waals surface area contributed by atoms with Gasteiger partial charge < -0.3 is 19.4 Å². The lowest BCUT2D eigenvalue weighted by atomic mass is 9.94. The van der Waals surface area contributed by atoms with Crippen LogP contribution in [0.3, 0.4) is 0 Å². The standard InChI is InChI=1S/C46H47F2N11O7S/c47-30-11-19-56(26-30)67(64,65)53-39-6-4-37(48)43(36(39)23-49)66-33-2-5-38-35(22-33)46(63)58(27-50-38)41-14-20-59(52-41)31-12-15-54(16-13-31)24-28-9-17-55(18-10-28)32-1-3-34-29(21-32)25-57(45(34)62)40-7-8-42(60)51-44(40)61/h1-6,14,20-22,27-28,30-31,40,53H,7-13,15-19,24-26H2,(H,51,60,61)/t30-,40+/m1/s1. The number of rotatable bonds is 11. The van der Waals surface area contributed by atoms with Crippen LogP contribution in [0.4, 0.5) is 20.2 Å². The number of imide groups is 1. The monoisotopic (exact) mass is 935 g/mol. The average molecular weight is 936 g/mol. The van der Waals surface area contributed by atoms with Gasteiger partial charge in [-0.2, -0.15) is 23.1 Å². The van der Waals surface area contributed by atoms with E-state index >= 15 is 4.39 Å². The third-order valence-electron chi connectivity index (χ3n) is 13.6. The van der Waals surface area contributed by atoms with Gasteiger partial charge in [0.2, 0.25) is 11.8 Å². The first-order valence-corrected chi connectivity index (χ1v) is 23.9. The van der Waals surface area contributed by atoms with E-state index in [1.54, 1.807) is 17.0 Å². The first-order chi connectivity index (χ1) is 32.3. The lowest BCUT2D eigenvalue weighted by Crippen LogP contribution is -2.52. The minimum Gasteiger partial charge on any atom is -0.453 e. The molecule has 67 heavy (non-hydrogen) atoms.